The van der Waals surface area contributed by atoms with Crippen molar-refractivity contribution in [2.45, 2.75) is 25.2 Å². The minimum Gasteiger partial charge on any atom is -0.425 e. The van der Waals surface area contributed by atoms with Crippen molar-refractivity contribution in [3.8, 4) is 0 Å². The molecule has 1 aromatic rings. The van der Waals surface area contributed by atoms with Crippen molar-refractivity contribution in [2.24, 2.45) is 5.73 Å². The topological polar surface area (TPSA) is 64.9 Å². The van der Waals surface area contributed by atoms with Crippen molar-refractivity contribution in [1.82, 2.24) is 10.2 Å². The van der Waals surface area contributed by atoms with E-state index in [0.29, 0.717) is 24.8 Å². The Morgan fingerprint density at radius 1 is 1.45 bits per heavy atom. The van der Waals surface area contributed by atoms with Crippen LogP contribution in [0.25, 0.3) is 0 Å². The molecule has 0 bridgehead atoms. The van der Waals surface area contributed by atoms with Crippen LogP contribution in [0.2, 0.25) is 0 Å². The van der Waals surface area contributed by atoms with E-state index in [1.54, 1.807) is 0 Å². The quantitative estimate of drug-likeness (QED) is 0.684. The van der Waals surface area contributed by atoms with E-state index in [0.717, 1.165) is 5.89 Å². The molecule has 2 N–H and O–H groups in total. The second kappa shape index (κ2) is 2.62. The summed E-state index contributed by atoms with van der Waals surface area (Å²) in [4.78, 5) is 0. The minimum atomic E-state index is 0.550. The molecule has 0 spiro atoms. The van der Waals surface area contributed by atoms with E-state index >= 15 is 0 Å². The molecule has 0 aliphatic heterocycles. The van der Waals surface area contributed by atoms with Crippen molar-refractivity contribution in [2.75, 3.05) is 6.54 Å². The normalized spacial score (nSPS) is 17.2. The van der Waals surface area contributed by atoms with Gasteiger partial charge >= 0.3 is 0 Å². The molecule has 11 heavy (non-hydrogen) atoms. The first-order chi connectivity index (χ1) is 5.40. The average Bonchev–Trinajstić information content (AvgIpc) is 2.75. The van der Waals surface area contributed by atoms with E-state index in [4.69, 9.17) is 10.2 Å². The van der Waals surface area contributed by atoms with Gasteiger partial charge in [-0.05, 0) is 12.8 Å². The molecule has 60 valence electrons. The zero-order chi connectivity index (χ0) is 7.68. The Bertz CT molecular complexity index is 242. The molecule has 1 heterocycles. The lowest BCUT2D eigenvalue weighted by molar-refractivity contribution is 0.452. The van der Waals surface area contributed by atoms with E-state index in [1.165, 1.54) is 12.8 Å². The predicted octanol–water partition coefficient (Wildman–Crippen LogP) is 0.448. The Labute approximate surface area is 64.8 Å². The van der Waals surface area contributed by atoms with Gasteiger partial charge < -0.3 is 10.2 Å². The highest BCUT2D eigenvalue weighted by Gasteiger charge is 2.29. The van der Waals surface area contributed by atoms with Gasteiger partial charge in [0.25, 0.3) is 0 Å². The maximum atomic E-state index is 5.35. The van der Waals surface area contributed by atoms with E-state index in [1.807, 2.05) is 0 Å². The molecule has 4 nitrogen and oxygen atoms in total. The Morgan fingerprint density at radius 2 is 2.27 bits per heavy atom. The largest absolute Gasteiger partial charge is 0.425 e. The highest BCUT2D eigenvalue weighted by Crippen LogP contribution is 2.38. The summed E-state index contributed by atoms with van der Waals surface area (Å²) in [5.74, 6) is 2.02. The Balaban J connectivity index is 2.06. The summed E-state index contributed by atoms with van der Waals surface area (Å²) in [6.07, 6.45) is 3.09. The number of hydrogen-bond donors (Lipinski definition) is 1. The van der Waals surface area contributed by atoms with Gasteiger partial charge in [-0.3, -0.25) is 0 Å². The van der Waals surface area contributed by atoms with E-state index in [-0.39, 0.29) is 0 Å². The van der Waals surface area contributed by atoms with Gasteiger partial charge in [-0.1, -0.05) is 0 Å². The molecule has 0 amide bonds. The lowest BCUT2D eigenvalue weighted by Crippen LogP contribution is -2.02. The Morgan fingerprint density at radius 3 is 2.91 bits per heavy atom. The number of rotatable bonds is 3. The van der Waals surface area contributed by atoms with Gasteiger partial charge in [0.05, 0.1) is 0 Å². The van der Waals surface area contributed by atoms with E-state index in [9.17, 15) is 0 Å². The van der Waals surface area contributed by atoms with Gasteiger partial charge in [0.15, 0.2) is 0 Å². The first-order valence-corrected chi connectivity index (χ1v) is 3.92. The number of nitrogens with two attached hydrogens (primary N) is 1. The lowest BCUT2D eigenvalue weighted by atomic mass is 10.4. The first kappa shape index (κ1) is 6.79. The first-order valence-electron chi connectivity index (χ1n) is 3.92. The number of aromatic nitrogens is 2. The molecule has 0 unspecified atom stereocenters. The zero-order valence-corrected chi connectivity index (χ0v) is 6.29. The van der Waals surface area contributed by atoms with Crippen molar-refractivity contribution in [1.29, 1.82) is 0 Å². The van der Waals surface area contributed by atoms with Crippen LogP contribution in [-0.2, 0) is 6.42 Å². The fraction of sp³-hybridized carbons (Fsp3) is 0.714. The standard InChI is InChI=1S/C7H11N3O/c8-4-3-6-9-10-7(11-6)5-1-2-5/h5H,1-4,8H2. The van der Waals surface area contributed by atoms with Crippen molar-refractivity contribution >= 4 is 0 Å². The van der Waals surface area contributed by atoms with Crippen molar-refractivity contribution < 1.29 is 4.42 Å². The molecule has 0 saturated heterocycles. The highest BCUT2D eigenvalue weighted by molar-refractivity contribution is 5.00. The molecule has 1 aliphatic rings. The second-order valence-electron chi connectivity index (χ2n) is 2.85. The second-order valence-corrected chi connectivity index (χ2v) is 2.85. The zero-order valence-electron chi connectivity index (χ0n) is 6.29. The van der Waals surface area contributed by atoms with Gasteiger partial charge in [-0.25, -0.2) is 0 Å². The molecule has 1 aromatic heterocycles. The van der Waals surface area contributed by atoms with Crippen LogP contribution >= 0.6 is 0 Å². The van der Waals surface area contributed by atoms with Crippen LogP contribution in [-0.4, -0.2) is 16.7 Å². The van der Waals surface area contributed by atoms with Crippen LogP contribution in [0, 0.1) is 0 Å². The van der Waals surface area contributed by atoms with Crippen molar-refractivity contribution in [3.05, 3.63) is 11.8 Å². The van der Waals surface area contributed by atoms with E-state index < -0.39 is 0 Å². The van der Waals surface area contributed by atoms with Gasteiger partial charge in [0.1, 0.15) is 0 Å². The molecule has 2 rings (SSSR count). The van der Waals surface area contributed by atoms with Crippen LogP contribution in [0.5, 0.6) is 0 Å². The molecule has 1 fully saturated rings. The maximum Gasteiger partial charge on any atom is 0.219 e. The SMILES string of the molecule is NCCc1nnc(C2CC2)o1. The molecular weight excluding hydrogens is 142 g/mol. The summed E-state index contributed by atoms with van der Waals surface area (Å²) in [5.41, 5.74) is 5.33. The van der Waals surface area contributed by atoms with Crippen molar-refractivity contribution in [3.63, 3.8) is 0 Å². The van der Waals surface area contributed by atoms with Crippen LogP contribution in [0.1, 0.15) is 30.5 Å². The summed E-state index contributed by atoms with van der Waals surface area (Å²) in [6, 6.07) is 0. The molecule has 1 aliphatic carbocycles. The summed E-state index contributed by atoms with van der Waals surface area (Å²) in [7, 11) is 0. The molecule has 1 saturated carbocycles. The number of hydrogen-bond acceptors (Lipinski definition) is 4. The van der Waals surface area contributed by atoms with Crippen LogP contribution in [0.15, 0.2) is 4.42 Å². The lowest BCUT2D eigenvalue weighted by Gasteiger charge is -1.86. The third-order valence-electron chi connectivity index (χ3n) is 1.77. The van der Waals surface area contributed by atoms with Gasteiger partial charge in [0.2, 0.25) is 11.8 Å². The van der Waals surface area contributed by atoms with Gasteiger partial charge in [-0.2, -0.15) is 0 Å². The fourth-order valence-corrected chi connectivity index (χ4v) is 0.986. The summed E-state index contributed by atoms with van der Waals surface area (Å²) >= 11 is 0. The van der Waals surface area contributed by atoms with E-state index in [2.05, 4.69) is 10.2 Å². The average molecular weight is 153 g/mol. The van der Waals surface area contributed by atoms with Gasteiger partial charge in [0, 0.05) is 18.9 Å². The smallest absolute Gasteiger partial charge is 0.219 e. The molecule has 4 heteroatoms. The fourth-order valence-electron chi connectivity index (χ4n) is 0.986. The monoisotopic (exact) mass is 153 g/mol. The van der Waals surface area contributed by atoms with Crippen LogP contribution < -0.4 is 5.73 Å². The molecule has 0 radical (unpaired) electrons. The maximum absolute atomic E-state index is 5.35. The predicted molar refractivity (Wildman–Crippen MR) is 39.0 cm³/mol. The number of nitrogens with zero attached hydrogens (tertiary/aromatic N) is 2. The minimum absolute atomic E-state index is 0.550. The van der Waals surface area contributed by atoms with Crippen LogP contribution in [0.3, 0.4) is 0 Å². The summed E-state index contributed by atoms with van der Waals surface area (Å²) in [6.45, 7) is 0.576. The summed E-state index contributed by atoms with van der Waals surface area (Å²) < 4.78 is 5.35. The van der Waals surface area contributed by atoms with Gasteiger partial charge in [-0.15, -0.1) is 10.2 Å². The molecule has 0 atom stereocenters. The Hall–Kier alpha value is -0.900. The highest BCUT2D eigenvalue weighted by atomic mass is 16.4. The summed E-state index contributed by atoms with van der Waals surface area (Å²) in [5, 5.41) is 7.80. The van der Waals surface area contributed by atoms with Crippen LogP contribution in [0.4, 0.5) is 0 Å². The molecule has 0 aromatic carbocycles. The Kier molecular flexibility index (Phi) is 1.62. The third kappa shape index (κ3) is 1.40. The third-order valence-corrected chi connectivity index (χ3v) is 1.77. The molecular formula is C7H11N3O.